The molecule has 34 heavy (non-hydrogen) atoms. The van der Waals surface area contributed by atoms with Gasteiger partial charge < -0.3 is 0 Å². The molecule has 0 saturated heterocycles. The average Bonchev–Trinajstić information content (AvgIpc) is 2.94. The Hall–Kier alpha value is -3.87. The van der Waals surface area contributed by atoms with Crippen LogP contribution in [-0.4, -0.2) is 7.11 Å². The van der Waals surface area contributed by atoms with Gasteiger partial charge in [-0.2, -0.15) is 0 Å². The molecular weight excluding hydrogens is 435 g/mol. The molecule has 0 amide bonds. The summed E-state index contributed by atoms with van der Waals surface area (Å²) in [5.41, 5.74) is 0. The molecule has 0 aliphatic carbocycles. The average molecular weight is 463 g/mol. The second-order valence-electron chi connectivity index (χ2n) is 8.12. The van der Waals surface area contributed by atoms with Crippen molar-refractivity contribution in [3.8, 4) is 11.5 Å². The zero-order valence-corrected chi connectivity index (χ0v) is 20.0. The molecular formula is C31H27O2P. The van der Waals surface area contributed by atoms with Gasteiger partial charge in [0.05, 0.1) is 0 Å². The molecule has 0 bridgehead atoms. The zero-order chi connectivity index (χ0) is 23.3. The van der Waals surface area contributed by atoms with Crippen molar-refractivity contribution >= 4 is 28.0 Å². The van der Waals surface area contributed by atoms with E-state index >= 15 is 0 Å². The second kappa shape index (κ2) is 9.17. The van der Waals surface area contributed by atoms with E-state index in [1.165, 1.54) is 0 Å². The van der Waals surface area contributed by atoms with Gasteiger partial charge in [0.25, 0.3) is 0 Å². The first-order valence-electron chi connectivity index (χ1n) is 11.4. The number of rotatable bonds is 7. The molecule has 5 aromatic carbocycles. The predicted molar refractivity (Wildman–Crippen MR) is 145 cm³/mol. The molecule has 0 aliphatic heterocycles. The summed E-state index contributed by atoms with van der Waals surface area (Å²) in [4.78, 5) is 0. The van der Waals surface area contributed by atoms with Gasteiger partial charge in [0.2, 0.25) is 0 Å². The normalized spacial score (nSPS) is 12.3. The molecule has 168 valence electrons. The Labute approximate surface area is 201 Å². The quantitative estimate of drug-likeness (QED) is 0.283. The molecule has 0 saturated carbocycles. The van der Waals surface area contributed by atoms with Gasteiger partial charge in [0, 0.05) is 0 Å². The Balaban J connectivity index is 2.07. The number of methoxy groups -OCH3 is 1. The molecule has 0 aliphatic rings. The third-order valence-electron chi connectivity index (χ3n) is 6.32. The van der Waals surface area contributed by atoms with Gasteiger partial charge >= 0.3 is 202 Å². The Morgan fingerprint density at radius 3 is 1.26 bits per heavy atom. The third kappa shape index (κ3) is 3.31. The predicted octanol–water partition coefficient (Wildman–Crippen LogP) is 5.84. The van der Waals surface area contributed by atoms with Crippen molar-refractivity contribution in [2.75, 3.05) is 7.11 Å². The number of hydrogen-bond acceptors (Lipinski definition) is 2. The fraction of sp³-hybridized carbons (Fsp3) is 0.0323. The summed E-state index contributed by atoms with van der Waals surface area (Å²) in [7, 11) is 1.73. The van der Waals surface area contributed by atoms with Crippen LogP contribution in [0.5, 0.6) is 11.5 Å². The van der Waals surface area contributed by atoms with Crippen molar-refractivity contribution in [3.63, 3.8) is 0 Å². The molecule has 5 aromatic rings. The van der Waals surface area contributed by atoms with Crippen LogP contribution in [0.15, 0.2) is 146 Å². The molecule has 0 heterocycles. The van der Waals surface area contributed by atoms with E-state index in [0.717, 1.165) is 32.7 Å². The van der Waals surface area contributed by atoms with Crippen LogP contribution in [0.2, 0.25) is 0 Å². The first-order valence-corrected chi connectivity index (χ1v) is 13.5. The van der Waals surface area contributed by atoms with Gasteiger partial charge in [-0.1, -0.05) is 0 Å². The van der Waals surface area contributed by atoms with Crippen LogP contribution in [-0.2, 0) is 0 Å². The minimum atomic E-state index is -3.82. The van der Waals surface area contributed by atoms with E-state index in [9.17, 15) is 0 Å². The van der Waals surface area contributed by atoms with E-state index in [0.29, 0.717) is 0 Å². The summed E-state index contributed by atoms with van der Waals surface area (Å²) < 4.78 is 13.6. The summed E-state index contributed by atoms with van der Waals surface area (Å²) in [6.45, 7) is -3.82. The van der Waals surface area contributed by atoms with Crippen molar-refractivity contribution in [2.45, 2.75) is 0 Å². The van der Waals surface area contributed by atoms with Crippen LogP contribution in [0.25, 0.3) is 0 Å². The molecule has 0 atom stereocenters. The first kappa shape index (κ1) is 21.9. The Kier molecular flexibility index (Phi) is 5.92. The molecule has 0 radical (unpaired) electrons. The number of benzene rings is 5. The maximum atomic E-state index is 7.53. The van der Waals surface area contributed by atoms with Crippen LogP contribution in [0.3, 0.4) is 0 Å². The van der Waals surface area contributed by atoms with Crippen molar-refractivity contribution in [2.24, 2.45) is 0 Å². The minimum absolute atomic E-state index is 0.799. The molecule has 5 rings (SSSR count). The van der Waals surface area contributed by atoms with Gasteiger partial charge in [-0.05, 0) is 0 Å². The van der Waals surface area contributed by atoms with E-state index in [1.807, 2.05) is 42.5 Å². The van der Waals surface area contributed by atoms with Crippen LogP contribution < -0.4 is 30.5 Å². The van der Waals surface area contributed by atoms with Crippen molar-refractivity contribution < 1.29 is 9.26 Å². The van der Waals surface area contributed by atoms with E-state index in [-0.39, 0.29) is 0 Å². The fourth-order valence-corrected chi connectivity index (χ4v) is 10.8. The van der Waals surface area contributed by atoms with E-state index in [1.54, 1.807) is 7.11 Å². The Morgan fingerprint density at radius 1 is 0.441 bits per heavy atom. The van der Waals surface area contributed by atoms with E-state index < -0.39 is 6.83 Å². The monoisotopic (exact) mass is 462 g/mol. The molecule has 0 fully saturated rings. The van der Waals surface area contributed by atoms with Crippen LogP contribution in [0.4, 0.5) is 0 Å². The summed E-state index contributed by atoms with van der Waals surface area (Å²) >= 11 is 0. The second-order valence-corrected chi connectivity index (χ2v) is 12.4. The zero-order valence-electron chi connectivity index (χ0n) is 19.1. The van der Waals surface area contributed by atoms with Gasteiger partial charge in [-0.15, -0.1) is 0 Å². The van der Waals surface area contributed by atoms with Gasteiger partial charge in [-0.25, -0.2) is 0 Å². The van der Waals surface area contributed by atoms with Gasteiger partial charge in [-0.3, -0.25) is 0 Å². The number of hydrogen-bond donors (Lipinski definition) is 0. The van der Waals surface area contributed by atoms with Gasteiger partial charge in [0.15, 0.2) is 0 Å². The van der Waals surface area contributed by atoms with Crippen molar-refractivity contribution in [1.29, 1.82) is 0 Å². The van der Waals surface area contributed by atoms with Crippen LogP contribution >= 0.6 is 6.83 Å². The third-order valence-corrected chi connectivity index (χ3v) is 12.0. The van der Waals surface area contributed by atoms with Gasteiger partial charge in [0.1, 0.15) is 0 Å². The maximum absolute atomic E-state index is 7.53. The van der Waals surface area contributed by atoms with E-state index in [2.05, 4.69) is 103 Å². The summed E-state index contributed by atoms with van der Waals surface area (Å²) in [6, 6.07) is 50.2. The Morgan fingerprint density at radius 2 is 0.824 bits per heavy atom. The molecule has 3 heteroatoms. The molecule has 0 spiro atoms. The Bertz CT molecular complexity index is 1250. The standard InChI is InChI=1S/C31H27O2P/c1-32-30-24-14-15-25-31(30)34(27-18-8-3-9-19-27,28-20-10-4-11-21-28,29-22-12-5-13-23-29)33-26-16-6-2-7-17-26/h2-25H,1H3. The van der Waals surface area contributed by atoms with Crippen molar-refractivity contribution in [3.05, 3.63) is 146 Å². The number of ether oxygens (including phenoxy) is 1. The van der Waals surface area contributed by atoms with Crippen LogP contribution in [0, 0.1) is 0 Å². The summed E-state index contributed by atoms with van der Waals surface area (Å²) in [6.07, 6.45) is 0. The van der Waals surface area contributed by atoms with Crippen molar-refractivity contribution in [1.82, 2.24) is 0 Å². The summed E-state index contributed by atoms with van der Waals surface area (Å²) in [5.74, 6) is 1.61. The summed E-state index contributed by atoms with van der Waals surface area (Å²) in [5, 5.41) is 4.36. The molecule has 0 unspecified atom stereocenters. The van der Waals surface area contributed by atoms with Crippen LogP contribution in [0.1, 0.15) is 0 Å². The molecule has 2 nitrogen and oxygen atoms in total. The molecule has 0 aromatic heterocycles. The SMILES string of the molecule is COc1ccccc1P(Oc1ccccc1)(c1ccccc1)(c1ccccc1)c1ccccc1. The number of para-hydroxylation sites is 2. The van der Waals surface area contributed by atoms with E-state index in [4.69, 9.17) is 9.26 Å². The fourth-order valence-electron chi connectivity index (χ4n) is 4.88. The first-order chi connectivity index (χ1) is 16.8. The molecule has 0 N–H and O–H groups in total. The topological polar surface area (TPSA) is 18.5 Å².